The summed E-state index contributed by atoms with van der Waals surface area (Å²) in [5.41, 5.74) is 2.17. The number of phenolic OH excluding ortho intramolecular Hbond substituents is 1. The lowest BCUT2D eigenvalue weighted by Crippen LogP contribution is -1.88. The number of carbonyl (C=O) groups excluding carboxylic acids is 1. The molecule has 0 saturated carbocycles. The second-order valence-corrected chi connectivity index (χ2v) is 3.62. The molecule has 3 heteroatoms. The predicted molar refractivity (Wildman–Crippen MR) is 65.5 cm³/mol. The molecule has 1 N–H and O–H groups in total. The van der Waals surface area contributed by atoms with Crippen LogP contribution in [0.2, 0.25) is 0 Å². The highest BCUT2D eigenvalue weighted by molar-refractivity contribution is 5.88. The third kappa shape index (κ3) is 2.28. The molecule has 0 saturated heterocycles. The van der Waals surface area contributed by atoms with Crippen LogP contribution >= 0.6 is 0 Å². The first-order valence-electron chi connectivity index (χ1n) is 5.17. The molecule has 3 nitrogen and oxygen atoms in total. The molecule has 86 valence electrons. The lowest BCUT2D eigenvalue weighted by molar-refractivity contribution is 0.112. The van der Waals surface area contributed by atoms with Gasteiger partial charge in [0.1, 0.15) is 11.5 Å². The molecule has 0 bridgehead atoms. The van der Waals surface area contributed by atoms with Gasteiger partial charge in [-0.05, 0) is 41.5 Å². The van der Waals surface area contributed by atoms with Gasteiger partial charge in [0.15, 0.2) is 6.29 Å². The van der Waals surface area contributed by atoms with Gasteiger partial charge in [-0.1, -0.05) is 12.1 Å². The highest BCUT2D eigenvalue weighted by atomic mass is 16.5. The maximum absolute atomic E-state index is 10.9. The maximum Gasteiger partial charge on any atom is 0.150 e. The van der Waals surface area contributed by atoms with E-state index < -0.39 is 0 Å². The molecule has 0 amide bonds. The summed E-state index contributed by atoms with van der Waals surface area (Å²) in [6, 6.07) is 12.1. The Morgan fingerprint density at radius 1 is 1.12 bits per heavy atom. The Hall–Kier alpha value is -2.29. The van der Waals surface area contributed by atoms with E-state index in [0.717, 1.165) is 23.2 Å². The van der Waals surface area contributed by atoms with E-state index in [-0.39, 0.29) is 5.75 Å². The third-order valence-electron chi connectivity index (χ3n) is 2.56. The number of ether oxygens (including phenoxy) is 1. The molecule has 0 aliphatic heterocycles. The topological polar surface area (TPSA) is 46.5 Å². The van der Waals surface area contributed by atoms with E-state index in [0.29, 0.717) is 5.56 Å². The minimum absolute atomic E-state index is 0.0874. The van der Waals surface area contributed by atoms with Gasteiger partial charge in [-0.15, -0.1) is 0 Å². The SMILES string of the molecule is COc1ccc(-c2ccc(O)cc2C=O)cc1. The summed E-state index contributed by atoms with van der Waals surface area (Å²) in [5.74, 6) is 0.851. The van der Waals surface area contributed by atoms with Crippen LogP contribution in [0.3, 0.4) is 0 Å². The van der Waals surface area contributed by atoms with E-state index in [9.17, 15) is 9.90 Å². The van der Waals surface area contributed by atoms with Gasteiger partial charge < -0.3 is 9.84 Å². The van der Waals surface area contributed by atoms with Gasteiger partial charge in [0, 0.05) is 5.56 Å². The van der Waals surface area contributed by atoms with Gasteiger partial charge in [0.05, 0.1) is 7.11 Å². The van der Waals surface area contributed by atoms with Crippen molar-refractivity contribution in [3.05, 3.63) is 48.0 Å². The lowest BCUT2D eigenvalue weighted by Gasteiger charge is -2.06. The van der Waals surface area contributed by atoms with E-state index in [1.54, 1.807) is 19.2 Å². The Bertz CT molecular complexity index is 530. The number of aromatic hydroxyl groups is 1. The van der Waals surface area contributed by atoms with Gasteiger partial charge in [0.2, 0.25) is 0 Å². The van der Waals surface area contributed by atoms with E-state index in [1.165, 1.54) is 6.07 Å². The average Bonchev–Trinajstić information content (AvgIpc) is 2.39. The first-order valence-corrected chi connectivity index (χ1v) is 5.17. The van der Waals surface area contributed by atoms with Crippen LogP contribution in [0.5, 0.6) is 11.5 Å². The van der Waals surface area contributed by atoms with Crippen LogP contribution in [-0.4, -0.2) is 18.5 Å². The zero-order chi connectivity index (χ0) is 12.3. The Balaban J connectivity index is 2.48. The molecule has 2 aromatic rings. The molecule has 0 fully saturated rings. The lowest BCUT2D eigenvalue weighted by atomic mass is 10.00. The minimum atomic E-state index is 0.0874. The average molecular weight is 228 g/mol. The van der Waals surface area contributed by atoms with Gasteiger partial charge in [0.25, 0.3) is 0 Å². The fraction of sp³-hybridized carbons (Fsp3) is 0.0714. The number of rotatable bonds is 3. The van der Waals surface area contributed by atoms with Crippen molar-refractivity contribution < 1.29 is 14.6 Å². The summed E-state index contributed by atoms with van der Waals surface area (Å²) < 4.78 is 5.07. The van der Waals surface area contributed by atoms with Gasteiger partial charge >= 0.3 is 0 Å². The Kier molecular flexibility index (Phi) is 3.10. The van der Waals surface area contributed by atoms with Gasteiger partial charge in [-0.25, -0.2) is 0 Å². The van der Waals surface area contributed by atoms with Gasteiger partial charge in [-0.3, -0.25) is 4.79 Å². The molecule has 17 heavy (non-hydrogen) atoms. The van der Waals surface area contributed by atoms with Crippen LogP contribution < -0.4 is 4.74 Å². The summed E-state index contributed by atoms with van der Waals surface area (Å²) in [6.07, 6.45) is 0.735. The second kappa shape index (κ2) is 4.70. The van der Waals surface area contributed by atoms with Crippen molar-refractivity contribution in [3.8, 4) is 22.6 Å². The van der Waals surface area contributed by atoms with E-state index >= 15 is 0 Å². The van der Waals surface area contributed by atoms with Crippen LogP contribution in [0.15, 0.2) is 42.5 Å². The van der Waals surface area contributed by atoms with Crippen molar-refractivity contribution in [2.75, 3.05) is 7.11 Å². The van der Waals surface area contributed by atoms with Crippen LogP contribution in [0.4, 0.5) is 0 Å². The number of aldehydes is 1. The van der Waals surface area contributed by atoms with Crippen molar-refractivity contribution in [2.45, 2.75) is 0 Å². The summed E-state index contributed by atoms with van der Waals surface area (Å²) in [6.45, 7) is 0. The number of methoxy groups -OCH3 is 1. The Morgan fingerprint density at radius 3 is 2.41 bits per heavy atom. The summed E-state index contributed by atoms with van der Waals surface area (Å²) in [4.78, 5) is 10.9. The standard InChI is InChI=1S/C14H12O3/c1-17-13-5-2-10(3-6-13)14-7-4-12(16)8-11(14)9-15/h2-9,16H,1H3. The van der Waals surface area contributed by atoms with E-state index in [2.05, 4.69) is 0 Å². The molecule has 0 spiro atoms. The van der Waals surface area contributed by atoms with Gasteiger partial charge in [-0.2, -0.15) is 0 Å². The summed E-state index contributed by atoms with van der Waals surface area (Å²) >= 11 is 0. The molecule has 0 aliphatic carbocycles. The van der Waals surface area contributed by atoms with Crippen molar-refractivity contribution in [1.82, 2.24) is 0 Å². The molecular formula is C14H12O3. The monoisotopic (exact) mass is 228 g/mol. The number of benzene rings is 2. The summed E-state index contributed by atoms with van der Waals surface area (Å²) in [7, 11) is 1.60. The van der Waals surface area contributed by atoms with Crippen molar-refractivity contribution >= 4 is 6.29 Å². The molecule has 0 aromatic heterocycles. The molecule has 2 rings (SSSR count). The largest absolute Gasteiger partial charge is 0.508 e. The normalized spacial score (nSPS) is 9.94. The van der Waals surface area contributed by atoms with E-state index in [4.69, 9.17) is 4.74 Å². The Labute approximate surface area is 99.3 Å². The van der Waals surface area contributed by atoms with Crippen LogP contribution in [0.25, 0.3) is 11.1 Å². The maximum atomic E-state index is 10.9. The zero-order valence-electron chi connectivity index (χ0n) is 9.38. The number of hydrogen-bond donors (Lipinski definition) is 1. The molecule has 0 radical (unpaired) electrons. The van der Waals surface area contributed by atoms with Crippen molar-refractivity contribution in [2.24, 2.45) is 0 Å². The van der Waals surface area contributed by atoms with Crippen LogP contribution in [0, 0.1) is 0 Å². The second-order valence-electron chi connectivity index (χ2n) is 3.62. The van der Waals surface area contributed by atoms with Crippen LogP contribution in [-0.2, 0) is 0 Å². The third-order valence-corrected chi connectivity index (χ3v) is 2.56. The molecule has 2 aromatic carbocycles. The molecule has 0 aliphatic rings. The number of hydrogen-bond acceptors (Lipinski definition) is 3. The minimum Gasteiger partial charge on any atom is -0.508 e. The fourth-order valence-electron chi connectivity index (χ4n) is 1.68. The molecule has 0 unspecified atom stereocenters. The fourth-order valence-corrected chi connectivity index (χ4v) is 1.68. The predicted octanol–water partition coefficient (Wildman–Crippen LogP) is 2.88. The smallest absolute Gasteiger partial charge is 0.150 e. The highest BCUT2D eigenvalue weighted by Crippen LogP contribution is 2.27. The summed E-state index contributed by atoms with van der Waals surface area (Å²) in [5, 5.41) is 9.32. The highest BCUT2D eigenvalue weighted by Gasteiger charge is 2.05. The first-order chi connectivity index (χ1) is 8.24. The van der Waals surface area contributed by atoms with Crippen molar-refractivity contribution in [1.29, 1.82) is 0 Å². The first kappa shape index (κ1) is 11.2. The van der Waals surface area contributed by atoms with E-state index in [1.807, 2.05) is 24.3 Å². The number of phenols is 1. The molecule has 0 heterocycles. The quantitative estimate of drug-likeness (QED) is 0.821. The van der Waals surface area contributed by atoms with Crippen LogP contribution in [0.1, 0.15) is 10.4 Å². The molecule has 0 atom stereocenters. The van der Waals surface area contributed by atoms with Crippen molar-refractivity contribution in [3.63, 3.8) is 0 Å². The Morgan fingerprint density at radius 2 is 1.82 bits per heavy atom. The zero-order valence-corrected chi connectivity index (χ0v) is 9.38. The number of carbonyl (C=O) groups is 1. The molecular weight excluding hydrogens is 216 g/mol.